The molecule has 1 aliphatic rings. The minimum atomic E-state index is 0.897. The van der Waals surface area contributed by atoms with Gasteiger partial charge < -0.3 is 0 Å². The van der Waals surface area contributed by atoms with Crippen LogP contribution in [0, 0.1) is 0 Å². The minimum absolute atomic E-state index is 0.897. The maximum atomic E-state index is 2.44. The highest BCUT2D eigenvalue weighted by molar-refractivity contribution is 5.98. The molecule has 3 aromatic rings. The molecule has 0 bridgehead atoms. The number of aryl methyl sites for hydroxylation is 1. The Labute approximate surface area is 118 Å². The van der Waals surface area contributed by atoms with Gasteiger partial charge in [-0.1, -0.05) is 37.3 Å². The van der Waals surface area contributed by atoms with Crippen LogP contribution in [0.15, 0.2) is 54.6 Å². The molecule has 0 aliphatic carbocycles. The molecule has 0 unspecified atom stereocenters. The van der Waals surface area contributed by atoms with Gasteiger partial charge in [-0.25, -0.2) is 0 Å². The molecule has 2 nitrogen and oxygen atoms in total. The SMILES string of the molecule is CCc1cc2cccc3c2n1C[N+](c1ccccc1)=C3. The number of nitrogens with zero attached hydrogens (tertiary/aromatic N) is 2. The Morgan fingerprint density at radius 3 is 2.70 bits per heavy atom. The third-order valence-corrected chi connectivity index (χ3v) is 4.08. The summed E-state index contributed by atoms with van der Waals surface area (Å²) in [4.78, 5) is 0. The first-order valence-corrected chi connectivity index (χ1v) is 7.14. The van der Waals surface area contributed by atoms with Crippen molar-refractivity contribution in [2.75, 3.05) is 0 Å². The fourth-order valence-corrected chi connectivity index (χ4v) is 3.10. The average molecular weight is 261 g/mol. The van der Waals surface area contributed by atoms with Gasteiger partial charge >= 0.3 is 0 Å². The second-order valence-electron chi connectivity index (χ2n) is 5.28. The zero-order chi connectivity index (χ0) is 13.5. The lowest BCUT2D eigenvalue weighted by Gasteiger charge is -2.14. The van der Waals surface area contributed by atoms with Crippen LogP contribution in [-0.2, 0) is 13.1 Å². The highest BCUT2D eigenvalue weighted by atomic mass is 15.2. The van der Waals surface area contributed by atoms with Crippen LogP contribution in [0.3, 0.4) is 0 Å². The Morgan fingerprint density at radius 1 is 1.05 bits per heavy atom. The first kappa shape index (κ1) is 11.5. The molecule has 0 atom stereocenters. The predicted molar refractivity (Wildman–Crippen MR) is 82.8 cm³/mol. The van der Waals surface area contributed by atoms with Crippen LogP contribution in [0.2, 0.25) is 0 Å². The number of hydrogen-bond acceptors (Lipinski definition) is 0. The summed E-state index contributed by atoms with van der Waals surface area (Å²) in [6.07, 6.45) is 3.33. The van der Waals surface area contributed by atoms with Gasteiger partial charge in [0.25, 0.3) is 0 Å². The summed E-state index contributed by atoms with van der Waals surface area (Å²) in [6.45, 7) is 3.12. The monoisotopic (exact) mass is 261 g/mol. The second kappa shape index (κ2) is 4.34. The van der Waals surface area contributed by atoms with Crippen molar-refractivity contribution in [3.63, 3.8) is 0 Å². The molecule has 1 aromatic heterocycles. The quantitative estimate of drug-likeness (QED) is 0.617. The van der Waals surface area contributed by atoms with E-state index in [9.17, 15) is 0 Å². The first-order valence-electron chi connectivity index (χ1n) is 7.14. The van der Waals surface area contributed by atoms with Gasteiger partial charge in [0.15, 0.2) is 6.21 Å². The lowest BCUT2D eigenvalue weighted by Crippen LogP contribution is -2.20. The summed E-state index contributed by atoms with van der Waals surface area (Å²) in [5.74, 6) is 0. The van der Waals surface area contributed by atoms with E-state index in [4.69, 9.17) is 0 Å². The Bertz CT molecular complexity index is 810. The molecular weight excluding hydrogens is 244 g/mol. The van der Waals surface area contributed by atoms with Crippen LogP contribution in [0.5, 0.6) is 0 Å². The largest absolute Gasteiger partial charge is 0.288 e. The molecule has 2 heterocycles. The molecule has 2 heteroatoms. The van der Waals surface area contributed by atoms with Gasteiger partial charge in [0.05, 0.1) is 11.1 Å². The van der Waals surface area contributed by atoms with Crippen molar-refractivity contribution in [3.8, 4) is 0 Å². The summed E-state index contributed by atoms with van der Waals surface area (Å²) in [7, 11) is 0. The number of benzene rings is 2. The maximum Gasteiger partial charge on any atom is 0.228 e. The molecule has 2 aromatic carbocycles. The van der Waals surface area contributed by atoms with Crippen molar-refractivity contribution in [1.82, 2.24) is 4.57 Å². The molecule has 0 saturated heterocycles. The zero-order valence-corrected chi connectivity index (χ0v) is 11.6. The van der Waals surface area contributed by atoms with Crippen LogP contribution >= 0.6 is 0 Å². The number of hydrogen-bond donors (Lipinski definition) is 0. The smallest absolute Gasteiger partial charge is 0.228 e. The molecule has 98 valence electrons. The van der Waals surface area contributed by atoms with E-state index in [0.29, 0.717) is 0 Å². The fourth-order valence-electron chi connectivity index (χ4n) is 3.10. The van der Waals surface area contributed by atoms with Crippen LogP contribution < -0.4 is 0 Å². The Hall–Kier alpha value is -2.35. The Morgan fingerprint density at radius 2 is 1.90 bits per heavy atom. The highest BCUT2D eigenvalue weighted by Gasteiger charge is 2.21. The molecule has 0 N–H and O–H groups in total. The summed E-state index contributed by atoms with van der Waals surface area (Å²) >= 11 is 0. The Kier molecular flexibility index (Phi) is 2.49. The predicted octanol–water partition coefficient (Wildman–Crippen LogP) is 3.94. The second-order valence-corrected chi connectivity index (χ2v) is 5.28. The third kappa shape index (κ3) is 1.61. The molecule has 0 saturated carbocycles. The van der Waals surface area contributed by atoms with E-state index in [0.717, 1.165) is 13.1 Å². The standard InChI is InChI=1S/C18H17N2/c1-2-16-11-14-7-6-8-15-12-19(13-20(16)18(14)15)17-9-4-3-5-10-17/h3-12H,2,13H2,1H3/q+1. The highest BCUT2D eigenvalue weighted by Crippen LogP contribution is 2.27. The van der Waals surface area contributed by atoms with E-state index in [1.54, 1.807) is 0 Å². The van der Waals surface area contributed by atoms with Gasteiger partial charge in [0.1, 0.15) is 0 Å². The summed E-state index contributed by atoms with van der Waals surface area (Å²) in [5.41, 5.74) is 5.32. The van der Waals surface area contributed by atoms with Gasteiger partial charge in [-0.15, -0.1) is 0 Å². The molecule has 1 aliphatic heterocycles. The molecule has 4 rings (SSSR count). The van der Waals surface area contributed by atoms with Crippen molar-refractivity contribution in [1.29, 1.82) is 0 Å². The van der Waals surface area contributed by atoms with Crippen molar-refractivity contribution in [3.05, 3.63) is 65.9 Å². The zero-order valence-electron chi connectivity index (χ0n) is 11.6. The van der Waals surface area contributed by atoms with Gasteiger partial charge in [-0.3, -0.25) is 4.57 Å². The van der Waals surface area contributed by atoms with Crippen LogP contribution in [0.25, 0.3) is 10.9 Å². The van der Waals surface area contributed by atoms with Crippen molar-refractivity contribution < 1.29 is 4.58 Å². The average Bonchev–Trinajstić information content (AvgIpc) is 2.88. The van der Waals surface area contributed by atoms with E-state index < -0.39 is 0 Å². The van der Waals surface area contributed by atoms with Gasteiger partial charge in [-0.2, -0.15) is 4.58 Å². The normalized spacial score (nSPS) is 13.6. The fraction of sp³-hybridized carbons (Fsp3) is 0.167. The first-order chi connectivity index (χ1) is 9.86. The lowest BCUT2D eigenvalue weighted by molar-refractivity contribution is -0.472. The third-order valence-electron chi connectivity index (χ3n) is 4.08. The van der Waals surface area contributed by atoms with Gasteiger partial charge in [0, 0.05) is 23.2 Å². The molecule has 0 amide bonds. The molecule has 0 spiro atoms. The summed E-state index contributed by atoms with van der Waals surface area (Å²) in [6, 6.07) is 19.5. The van der Waals surface area contributed by atoms with Crippen molar-refractivity contribution in [2.45, 2.75) is 20.0 Å². The van der Waals surface area contributed by atoms with E-state index in [-0.39, 0.29) is 0 Å². The molecular formula is C18H17N2+. The number of rotatable bonds is 2. The summed E-state index contributed by atoms with van der Waals surface area (Å²) < 4.78 is 4.76. The number of aromatic nitrogens is 1. The van der Waals surface area contributed by atoms with Crippen LogP contribution in [-0.4, -0.2) is 15.4 Å². The van der Waals surface area contributed by atoms with E-state index in [1.165, 1.54) is 27.8 Å². The van der Waals surface area contributed by atoms with Crippen molar-refractivity contribution in [2.24, 2.45) is 0 Å². The van der Waals surface area contributed by atoms with E-state index in [1.807, 2.05) is 0 Å². The van der Waals surface area contributed by atoms with Crippen LogP contribution in [0.4, 0.5) is 5.69 Å². The molecule has 0 fully saturated rings. The van der Waals surface area contributed by atoms with Crippen molar-refractivity contribution >= 4 is 22.8 Å². The molecule has 20 heavy (non-hydrogen) atoms. The van der Waals surface area contributed by atoms with E-state index >= 15 is 0 Å². The topological polar surface area (TPSA) is 7.94 Å². The van der Waals surface area contributed by atoms with Gasteiger partial charge in [0.2, 0.25) is 12.4 Å². The Balaban J connectivity index is 1.95. The van der Waals surface area contributed by atoms with E-state index in [2.05, 4.69) is 76.9 Å². The van der Waals surface area contributed by atoms with Crippen LogP contribution in [0.1, 0.15) is 18.2 Å². The number of para-hydroxylation sites is 2. The maximum absolute atomic E-state index is 2.44. The van der Waals surface area contributed by atoms with Gasteiger partial charge in [-0.05, 0) is 18.6 Å². The summed E-state index contributed by atoms with van der Waals surface area (Å²) in [5, 5.41) is 1.35. The lowest BCUT2D eigenvalue weighted by atomic mass is 10.1. The minimum Gasteiger partial charge on any atom is -0.288 e. The molecule has 0 radical (unpaired) electrons.